The third-order valence-corrected chi connectivity index (χ3v) is 4.15. The zero-order valence-corrected chi connectivity index (χ0v) is 15.4. The van der Waals surface area contributed by atoms with Crippen LogP contribution in [0.4, 0.5) is 11.6 Å². The van der Waals surface area contributed by atoms with E-state index in [1.165, 1.54) is 0 Å². The minimum absolute atomic E-state index is 0.0773. The molecule has 2 aromatic rings. The van der Waals surface area contributed by atoms with E-state index in [9.17, 15) is 4.79 Å². The van der Waals surface area contributed by atoms with Crippen molar-refractivity contribution in [3.05, 3.63) is 45.7 Å². The number of aryl methyl sites for hydroxylation is 2. The monoisotopic (exact) mass is 376 g/mol. The van der Waals surface area contributed by atoms with E-state index in [0.29, 0.717) is 24.7 Å². The highest BCUT2D eigenvalue weighted by Crippen LogP contribution is 2.25. The molecular formula is C17H21BrN4O. The summed E-state index contributed by atoms with van der Waals surface area (Å²) in [5.41, 5.74) is 3.18. The quantitative estimate of drug-likeness (QED) is 0.853. The van der Waals surface area contributed by atoms with Crippen molar-refractivity contribution in [1.29, 1.82) is 0 Å². The standard InChI is InChI=1S/C17H21BrN4O/c1-5-22(6-2)16(23)15-10-12(4)19-17(21-15)20-14-8-7-11(3)9-13(14)18/h7-10H,5-6H2,1-4H3,(H,19,20,21). The van der Waals surface area contributed by atoms with Crippen LogP contribution in [0.1, 0.15) is 35.6 Å². The van der Waals surface area contributed by atoms with Crippen LogP contribution >= 0.6 is 15.9 Å². The molecule has 1 N–H and O–H groups in total. The highest BCUT2D eigenvalue weighted by molar-refractivity contribution is 9.10. The van der Waals surface area contributed by atoms with Crippen molar-refractivity contribution < 1.29 is 4.79 Å². The highest BCUT2D eigenvalue weighted by Gasteiger charge is 2.16. The van der Waals surface area contributed by atoms with Crippen LogP contribution in [0, 0.1) is 13.8 Å². The van der Waals surface area contributed by atoms with Gasteiger partial charge >= 0.3 is 0 Å². The average molecular weight is 377 g/mol. The maximum Gasteiger partial charge on any atom is 0.272 e. The van der Waals surface area contributed by atoms with Gasteiger partial charge in [0.1, 0.15) is 5.69 Å². The zero-order valence-electron chi connectivity index (χ0n) is 13.9. The second kappa shape index (κ2) is 7.55. The number of amides is 1. The molecule has 1 heterocycles. The predicted octanol–water partition coefficient (Wildman–Crippen LogP) is 4.08. The van der Waals surface area contributed by atoms with Crippen molar-refractivity contribution in [2.75, 3.05) is 18.4 Å². The number of anilines is 2. The van der Waals surface area contributed by atoms with Gasteiger partial charge in [0.25, 0.3) is 5.91 Å². The first-order valence-electron chi connectivity index (χ1n) is 7.62. The number of carbonyl (C=O) groups excluding carboxylic acids is 1. The van der Waals surface area contributed by atoms with E-state index >= 15 is 0 Å². The second-order valence-corrected chi connectivity index (χ2v) is 6.16. The van der Waals surface area contributed by atoms with Crippen LogP contribution in [0.25, 0.3) is 0 Å². The minimum atomic E-state index is -0.0773. The number of hydrogen-bond donors (Lipinski definition) is 1. The molecule has 2 rings (SSSR count). The van der Waals surface area contributed by atoms with Gasteiger partial charge in [0.2, 0.25) is 5.95 Å². The lowest BCUT2D eigenvalue weighted by Crippen LogP contribution is -2.31. The SMILES string of the molecule is CCN(CC)C(=O)c1cc(C)nc(Nc2ccc(C)cc2Br)n1. The summed E-state index contributed by atoms with van der Waals surface area (Å²) >= 11 is 3.52. The molecule has 0 saturated carbocycles. The lowest BCUT2D eigenvalue weighted by atomic mass is 10.2. The molecule has 0 atom stereocenters. The molecule has 23 heavy (non-hydrogen) atoms. The first-order valence-corrected chi connectivity index (χ1v) is 8.42. The van der Waals surface area contributed by atoms with Gasteiger partial charge in [0.15, 0.2) is 0 Å². The first kappa shape index (κ1) is 17.4. The molecule has 0 radical (unpaired) electrons. The van der Waals surface area contributed by atoms with E-state index in [1.54, 1.807) is 11.0 Å². The molecular weight excluding hydrogens is 356 g/mol. The maximum absolute atomic E-state index is 12.5. The summed E-state index contributed by atoms with van der Waals surface area (Å²) in [4.78, 5) is 23.0. The molecule has 5 nitrogen and oxygen atoms in total. The van der Waals surface area contributed by atoms with Gasteiger partial charge in [-0.15, -0.1) is 0 Å². The summed E-state index contributed by atoms with van der Waals surface area (Å²) in [6, 6.07) is 7.69. The van der Waals surface area contributed by atoms with Gasteiger partial charge in [-0.05, 0) is 67.4 Å². The predicted molar refractivity (Wildman–Crippen MR) is 96.2 cm³/mol. The molecule has 0 saturated heterocycles. The fourth-order valence-corrected chi connectivity index (χ4v) is 2.84. The van der Waals surface area contributed by atoms with E-state index < -0.39 is 0 Å². The Balaban J connectivity index is 2.32. The van der Waals surface area contributed by atoms with E-state index in [0.717, 1.165) is 21.4 Å². The van der Waals surface area contributed by atoms with E-state index in [1.807, 2.05) is 45.9 Å². The van der Waals surface area contributed by atoms with Crippen LogP contribution in [0.3, 0.4) is 0 Å². The Morgan fingerprint density at radius 1 is 1.17 bits per heavy atom. The number of nitrogens with one attached hydrogen (secondary N) is 1. The van der Waals surface area contributed by atoms with Crippen LogP contribution in [0.5, 0.6) is 0 Å². The summed E-state index contributed by atoms with van der Waals surface area (Å²) in [7, 11) is 0. The molecule has 6 heteroatoms. The Kier molecular flexibility index (Phi) is 5.71. The van der Waals surface area contributed by atoms with Crippen LogP contribution < -0.4 is 5.32 Å². The van der Waals surface area contributed by atoms with Crippen molar-refractivity contribution in [1.82, 2.24) is 14.9 Å². The third kappa shape index (κ3) is 4.28. The van der Waals surface area contributed by atoms with Gasteiger partial charge in [0, 0.05) is 23.3 Å². The fraction of sp³-hybridized carbons (Fsp3) is 0.353. The van der Waals surface area contributed by atoms with E-state index in [4.69, 9.17) is 0 Å². The second-order valence-electron chi connectivity index (χ2n) is 5.30. The topological polar surface area (TPSA) is 58.1 Å². The van der Waals surface area contributed by atoms with Crippen molar-refractivity contribution in [3.63, 3.8) is 0 Å². The van der Waals surface area contributed by atoms with Crippen molar-refractivity contribution in [3.8, 4) is 0 Å². The molecule has 0 aliphatic heterocycles. The van der Waals surface area contributed by atoms with Gasteiger partial charge in [-0.1, -0.05) is 6.07 Å². The van der Waals surface area contributed by atoms with Gasteiger partial charge in [-0.3, -0.25) is 4.79 Å². The smallest absolute Gasteiger partial charge is 0.272 e. The minimum Gasteiger partial charge on any atom is -0.338 e. The molecule has 1 amide bonds. The molecule has 0 spiro atoms. The van der Waals surface area contributed by atoms with Crippen LogP contribution in [0.15, 0.2) is 28.7 Å². The lowest BCUT2D eigenvalue weighted by molar-refractivity contribution is 0.0767. The highest BCUT2D eigenvalue weighted by atomic mass is 79.9. The Morgan fingerprint density at radius 3 is 2.48 bits per heavy atom. The van der Waals surface area contributed by atoms with Crippen LogP contribution in [-0.2, 0) is 0 Å². The van der Waals surface area contributed by atoms with Crippen molar-refractivity contribution in [2.24, 2.45) is 0 Å². The Labute approximate surface area is 145 Å². The van der Waals surface area contributed by atoms with Gasteiger partial charge < -0.3 is 10.2 Å². The van der Waals surface area contributed by atoms with Gasteiger partial charge in [-0.25, -0.2) is 9.97 Å². The van der Waals surface area contributed by atoms with E-state index in [2.05, 4.69) is 31.2 Å². The molecule has 1 aromatic heterocycles. The number of rotatable bonds is 5. The number of benzene rings is 1. The first-order chi connectivity index (χ1) is 10.9. The fourth-order valence-electron chi connectivity index (χ4n) is 2.25. The average Bonchev–Trinajstić information content (AvgIpc) is 2.50. The summed E-state index contributed by atoms with van der Waals surface area (Å²) < 4.78 is 0.930. The normalized spacial score (nSPS) is 10.5. The molecule has 0 bridgehead atoms. The van der Waals surface area contributed by atoms with Crippen LogP contribution in [0.2, 0.25) is 0 Å². The van der Waals surface area contributed by atoms with Gasteiger partial charge in [0.05, 0.1) is 5.69 Å². The molecule has 0 fully saturated rings. The summed E-state index contributed by atoms with van der Waals surface area (Å²) in [5, 5.41) is 3.17. The zero-order chi connectivity index (χ0) is 17.0. The maximum atomic E-state index is 12.5. The third-order valence-electron chi connectivity index (χ3n) is 3.50. The van der Waals surface area contributed by atoms with Gasteiger partial charge in [-0.2, -0.15) is 0 Å². The molecule has 0 unspecified atom stereocenters. The van der Waals surface area contributed by atoms with Crippen molar-refractivity contribution in [2.45, 2.75) is 27.7 Å². The molecule has 1 aromatic carbocycles. The van der Waals surface area contributed by atoms with Crippen LogP contribution in [-0.4, -0.2) is 33.9 Å². The molecule has 0 aliphatic carbocycles. The summed E-state index contributed by atoms with van der Waals surface area (Å²) in [6.07, 6.45) is 0. The lowest BCUT2D eigenvalue weighted by Gasteiger charge is -2.18. The summed E-state index contributed by atoms with van der Waals surface area (Å²) in [5.74, 6) is 0.344. The molecule has 0 aliphatic rings. The Hall–Kier alpha value is -1.95. The molecule has 122 valence electrons. The Bertz CT molecular complexity index is 714. The number of nitrogens with zero attached hydrogens (tertiary/aromatic N) is 3. The van der Waals surface area contributed by atoms with E-state index in [-0.39, 0.29) is 5.91 Å². The largest absolute Gasteiger partial charge is 0.338 e. The Morgan fingerprint density at radius 2 is 1.87 bits per heavy atom. The number of hydrogen-bond acceptors (Lipinski definition) is 4. The number of halogens is 1. The van der Waals surface area contributed by atoms with Crippen molar-refractivity contribution >= 4 is 33.5 Å². The number of carbonyl (C=O) groups is 1. The summed E-state index contributed by atoms with van der Waals surface area (Å²) in [6.45, 7) is 9.11. The number of aromatic nitrogens is 2.